The molecule has 0 aromatic heterocycles. The Balaban J connectivity index is 1.56. The first-order valence-corrected chi connectivity index (χ1v) is 10.7. The predicted molar refractivity (Wildman–Crippen MR) is 109 cm³/mol. The molecule has 0 aliphatic carbocycles. The second-order valence-electron chi connectivity index (χ2n) is 8.56. The van der Waals surface area contributed by atoms with E-state index in [-0.39, 0.29) is 28.7 Å². The Kier molecular flexibility index (Phi) is 6.04. The topological polar surface area (TPSA) is 49.9 Å². The average molecular weight is 391 g/mol. The number of para-hydroxylation sites is 1. The van der Waals surface area contributed by atoms with Crippen LogP contribution in [-0.2, 0) is 9.59 Å². The number of rotatable bonds is 4. The third-order valence-corrected chi connectivity index (χ3v) is 6.72. The molecule has 1 spiro atoms. The molecule has 1 aromatic carbocycles. The van der Waals surface area contributed by atoms with Crippen LogP contribution in [0, 0.1) is 5.41 Å². The predicted octanol–water partition coefficient (Wildman–Crippen LogP) is 3.40. The van der Waals surface area contributed by atoms with Crippen LogP contribution in [0.1, 0.15) is 40.0 Å². The molecule has 0 saturated carbocycles. The summed E-state index contributed by atoms with van der Waals surface area (Å²) >= 11 is 1.86. The third-order valence-electron chi connectivity index (χ3n) is 5.16. The molecule has 148 valence electrons. The van der Waals surface area contributed by atoms with Crippen LogP contribution in [0.25, 0.3) is 0 Å². The van der Waals surface area contributed by atoms with Crippen molar-refractivity contribution < 1.29 is 14.3 Å². The molecule has 0 bridgehead atoms. The minimum Gasteiger partial charge on any atom is -0.484 e. The highest BCUT2D eigenvalue weighted by molar-refractivity contribution is 8.00. The van der Waals surface area contributed by atoms with Crippen molar-refractivity contribution in [1.29, 1.82) is 0 Å². The summed E-state index contributed by atoms with van der Waals surface area (Å²) in [5, 5.41) is 0. The first kappa shape index (κ1) is 20.1. The van der Waals surface area contributed by atoms with E-state index in [0.29, 0.717) is 12.2 Å². The Labute approximate surface area is 166 Å². The number of ether oxygens (including phenoxy) is 1. The van der Waals surface area contributed by atoms with Crippen LogP contribution in [0.15, 0.2) is 30.3 Å². The largest absolute Gasteiger partial charge is 0.484 e. The highest BCUT2D eigenvalue weighted by Gasteiger charge is 2.47. The molecule has 27 heavy (non-hydrogen) atoms. The Morgan fingerprint density at radius 2 is 1.74 bits per heavy atom. The number of hydrogen-bond acceptors (Lipinski definition) is 4. The van der Waals surface area contributed by atoms with Gasteiger partial charge in [-0.1, -0.05) is 39.0 Å². The van der Waals surface area contributed by atoms with Crippen molar-refractivity contribution >= 4 is 23.6 Å². The normalized spacial score (nSPS) is 19.4. The van der Waals surface area contributed by atoms with Gasteiger partial charge in [0.15, 0.2) is 6.61 Å². The Hall–Kier alpha value is -1.69. The third kappa shape index (κ3) is 4.98. The summed E-state index contributed by atoms with van der Waals surface area (Å²) in [4.78, 5) is 29.1. The van der Waals surface area contributed by atoms with Gasteiger partial charge in [-0.3, -0.25) is 9.59 Å². The van der Waals surface area contributed by atoms with Crippen molar-refractivity contribution in [2.75, 3.05) is 32.0 Å². The number of likely N-dealkylation sites (tertiary alicyclic amines) is 1. The Morgan fingerprint density at radius 3 is 2.37 bits per heavy atom. The molecule has 2 aliphatic heterocycles. The van der Waals surface area contributed by atoms with E-state index in [1.807, 2.05) is 51.9 Å². The number of benzene rings is 1. The quantitative estimate of drug-likeness (QED) is 0.791. The standard InChI is InChI=1S/C21H30N2O3S/c1-20(2,3)15-18(24)22-11-9-21(10-12-22)23(13-14-27-21)19(25)16-26-17-7-5-4-6-8-17/h4-8H,9-16H2,1-3H3. The molecular weight excluding hydrogens is 360 g/mol. The fraction of sp³-hybridized carbons (Fsp3) is 0.619. The average Bonchev–Trinajstić information content (AvgIpc) is 3.03. The number of amides is 2. The van der Waals surface area contributed by atoms with Gasteiger partial charge in [-0.2, -0.15) is 0 Å². The maximum absolute atomic E-state index is 12.8. The van der Waals surface area contributed by atoms with E-state index >= 15 is 0 Å². The summed E-state index contributed by atoms with van der Waals surface area (Å²) in [5.41, 5.74) is 0.00506. The van der Waals surface area contributed by atoms with Crippen molar-refractivity contribution in [2.24, 2.45) is 5.41 Å². The number of nitrogens with zero attached hydrogens (tertiary/aromatic N) is 2. The molecule has 3 rings (SSSR count). The first-order valence-electron chi connectivity index (χ1n) is 9.69. The monoisotopic (exact) mass is 390 g/mol. The van der Waals surface area contributed by atoms with Gasteiger partial charge in [-0.15, -0.1) is 11.8 Å². The zero-order valence-electron chi connectivity index (χ0n) is 16.6. The number of piperidine rings is 1. The van der Waals surface area contributed by atoms with Crippen molar-refractivity contribution in [1.82, 2.24) is 9.80 Å². The maximum Gasteiger partial charge on any atom is 0.261 e. The smallest absolute Gasteiger partial charge is 0.261 e. The van der Waals surface area contributed by atoms with Crippen molar-refractivity contribution in [3.63, 3.8) is 0 Å². The van der Waals surface area contributed by atoms with E-state index < -0.39 is 0 Å². The van der Waals surface area contributed by atoms with Crippen molar-refractivity contribution in [2.45, 2.75) is 44.9 Å². The molecule has 2 saturated heterocycles. The highest BCUT2D eigenvalue weighted by atomic mass is 32.2. The van der Waals surface area contributed by atoms with Crippen molar-refractivity contribution in [3.8, 4) is 5.75 Å². The van der Waals surface area contributed by atoms with E-state index in [0.717, 1.165) is 38.2 Å². The molecule has 2 fully saturated rings. The lowest BCUT2D eigenvalue weighted by atomic mass is 9.91. The number of carbonyl (C=O) groups is 2. The minimum atomic E-state index is -0.171. The van der Waals surface area contributed by atoms with Gasteiger partial charge in [-0.25, -0.2) is 0 Å². The molecule has 6 heteroatoms. The van der Waals surface area contributed by atoms with Crippen LogP contribution in [0.5, 0.6) is 5.75 Å². The zero-order valence-corrected chi connectivity index (χ0v) is 17.4. The second-order valence-corrected chi connectivity index (χ2v) is 10.0. The van der Waals surface area contributed by atoms with Gasteiger partial charge in [0.25, 0.3) is 5.91 Å². The minimum absolute atomic E-state index is 0.00506. The molecule has 0 radical (unpaired) electrons. The fourth-order valence-electron chi connectivity index (χ4n) is 3.79. The lowest BCUT2D eigenvalue weighted by molar-refractivity contribution is -0.139. The molecule has 2 amide bonds. The van der Waals surface area contributed by atoms with Crippen LogP contribution in [-0.4, -0.2) is 58.5 Å². The molecular formula is C21H30N2O3S. The van der Waals surface area contributed by atoms with Gasteiger partial charge in [-0.05, 0) is 30.4 Å². The summed E-state index contributed by atoms with van der Waals surface area (Å²) in [7, 11) is 0. The van der Waals surface area contributed by atoms with Gasteiger partial charge in [0, 0.05) is 31.8 Å². The van der Waals surface area contributed by atoms with Gasteiger partial charge in [0.2, 0.25) is 5.91 Å². The van der Waals surface area contributed by atoms with Crippen LogP contribution in [0.4, 0.5) is 0 Å². The van der Waals surface area contributed by atoms with Gasteiger partial charge in [0.1, 0.15) is 5.75 Å². The zero-order chi connectivity index (χ0) is 19.5. The van der Waals surface area contributed by atoms with E-state index in [4.69, 9.17) is 4.74 Å². The fourth-order valence-corrected chi connectivity index (χ4v) is 5.26. The Bertz CT molecular complexity index is 664. The molecule has 0 N–H and O–H groups in total. The molecule has 0 unspecified atom stereocenters. The molecule has 2 aliphatic rings. The first-order chi connectivity index (χ1) is 12.8. The van der Waals surface area contributed by atoms with Gasteiger partial charge in [0.05, 0.1) is 4.87 Å². The lowest BCUT2D eigenvalue weighted by Crippen LogP contribution is -2.54. The van der Waals surface area contributed by atoms with Gasteiger partial charge >= 0.3 is 0 Å². The summed E-state index contributed by atoms with van der Waals surface area (Å²) in [6.07, 6.45) is 2.25. The van der Waals surface area contributed by atoms with Crippen LogP contribution >= 0.6 is 11.8 Å². The molecule has 2 heterocycles. The summed E-state index contributed by atoms with van der Waals surface area (Å²) < 4.78 is 5.66. The Morgan fingerprint density at radius 1 is 1.07 bits per heavy atom. The highest BCUT2D eigenvalue weighted by Crippen LogP contribution is 2.44. The summed E-state index contributed by atoms with van der Waals surface area (Å²) in [6.45, 7) is 8.57. The van der Waals surface area contributed by atoms with E-state index in [2.05, 4.69) is 20.8 Å². The summed E-state index contributed by atoms with van der Waals surface area (Å²) in [5.74, 6) is 1.94. The number of hydrogen-bond donors (Lipinski definition) is 0. The van der Waals surface area contributed by atoms with Crippen molar-refractivity contribution in [3.05, 3.63) is 30.3 Å². The van der Waals surface area contributed by atoms with Crippen LogP contribution < -0.4 is 4.74 Å². The second kappa shape index (κ2) is 8.13. The van der Waals surface area contributed by atoms with E-state index in [9.17, 15) is 9.59 Å². The SMILES string of the molecule is CC(C)(C)CC(=O)N1CCC2(CC1)SCCN2C(=O)COc1ccccc1. The molecule has 1 aromatic rings. The van der Waals surface area contributed by atoms with E-state index in [1.165, 1.54) is 0 Å². The number of carbonyl (C=O) groups excluding carboxylic acids is 2. The molecule has 5 nitrogen and oxygen atoms in total. The maximum atomic E-state index is 12.8. The van der Waals surface area contributed by atoms with E-state index in [1.54, 1.807) is 0 Å². The molecule has 0 atom stereocenters. The van der Waals surface area contributed by atoms with Crippen LogP contribution in [0.2, 0.25) is 0 Å². The van der Waals surface area contributed by atoms with Gasteiger partial charge < -0.3 is 14.5 Å². The lowest BCUT2D eigenvalue weighted by Gasteiger charge is -2.44. The number of thioether (sulfide) groups is 1. The summed E-state index contributed by atoms with van der Waals surface area (Å²) in [6, 6.07) is 9.45. The van der Waals surface area contributed by atoms with Crippen LogP contribution in [0.3, 0.4) is 0 Å².